The quantitative estimate of drug-likeness (QED) is 0.732. The number of rotatable bonds is 4. The van der Waals surface area contributed by atoms with Crippen LogP contribution in [0.15, 0.2) is 16.9 Å². The number of nitrogens with zero attached hydrogens (tertiary/aromatic N) is 2. The van der Waals surface area contributed by atoms with Crippen LogP contribution in [0.5, 0.6) is 0 Å². The van der Waals surface area contributed by atoms with Crippen molar-refractivity contribution in [3.63, 3.8) is 0 Å². The lowest BCUT2D eigenvalue weighted by molar-refractivity contribution is 0.0981. The normalized spacial score (nSPS) is 19.5. The van der Waals surface area contributed by atoms with E-state index in [0.717, 1.165) is 25.9 Å². The van der Waals surface area contributed by atoms with Crippen LogP contribution in [0.4, 0.5) is 0 Å². The fourth-order valence-electron chi connectivity index (χ4n) is 1.94. The lowest BCUT2D eigenvalue weighted by atomic mass is 10.2. The fourth-order valence-corrected chi connectivity index (χ4v) is 1.94. The average molecular weight is 236 g/mol. The van der Waals surface area contributed by atoms with Gasteiger partial charge in [-0.25, -0.2) is 4.68 Å². The first kappa shape index (κ1) is 12.0. The number of carbonyl (C=O) groups is 1. The second-order valence-corrected chi connectivity index (χ2v) is 4.26. The van der Waals surface area contributed by atoms with Gasteiger partial charge in [-0.15, -0.1) is 0 Å². The number of aromatic nitrogens is 2. The van der Waals surface area contributed by atoms with Gasteiger partial charge >= 0.3 is 0 Å². The molecule has 0 aromatic carbocycles. The molecule has 0 spiro atoms. The van der Waals surface area contributed by atoms with E-state index in [1.165, 1.54) is 23.7 Å². The lowest BCUT2D eigenvalue weighted by Gasteiger charge is -2.10. The Hall–Kier alpha value is -1.49. The summed E-state index contributed by atoms with van der Waals surface area (Å²) in [4.78, 5) is 22.7. The first-order valence-electron chi connectivity index (χ1n) is 5.87. The predicted octanol–water partition coefficient (Wildman–Crippen LogP) is 1.01. The van der Waals surface area contributed by atoms with Gasteiger partial charge in [-0.1, -0.05) is 0 Å². The number of aryl methyl sites for hydroxylation is 1. The minimum Gasteiger partial charge on any atom is -0.378 e. The number of carbonyl (C=O) groups excluding carboxylic acids is 1. The number of hydrogen-bond donors (Lipinski definition) is 0. The summed E-state index contributed by atoms with van der Waals surface area (Å²) < 4.78 is 6.83. The van der Waals surface area contributed by atoms with Gasteiger partial charge in [0.25, 0.3) is 5.56 Å². The third-order valence-electron chi connectivity index (χ3n) is 2.91. The van der Waals surface area contributed by atoms with Gasteiger partial charge in [0.2, 0.25) is 0 Å². The van der Waals surface area contributed by atoms with Crippen LogP contribution in [0.3, 0.4) is 0 Å². The minimum absolute atomic E-state index is 0.129. The minimum atomic E-state index is -0.173. The zero-order valence-corrected chi connectivity index (χ0v) is 9.89. The molecule has 1 fully saturated rings. The van der Waals surface area contributed by atoms with Crippen LogP contribution in [0, 0.1) is 0 Å². The Bertz CT molecular complexity index is 461. The molecule has 5 heteroatoms. The molecule has 1 saturated heterocycles. The van der Waals surface area contributed by atoms with Crippen molar-refractivity contribution in [1.29, 1.82) is 0 Å². The highest BCUT2D eigenvalue weighted by Crippen LogP contribution is 2.15. The Morgan fingerprint density at radius 2 is 2.41 bits per heavy atom. The Labute approximate surface area is 99.4 Å². The molecular formula is C12H16N2O3. The van der Waals surface area contributed by atoms with Crippen molar-refractivity contribution >= 4 is 5.78 Å². The first-order chi connectivity index (χ1) is 8.16. The highest BCUT2D eigenvalue weighted by molar-refractivity contribution is 5.91. The maximum Gasteiger partial charge on any atom is 0.266 e. The topological polar surface area (TPSA) is 61.2 Å². The number of hydrogen-bond acceptors (Lipinski definition) is 4. The molecule has 0 bridgehead atoms. The van der Waals surface area contributed by atoms with Gasteiger partial charge in [-0.05, 0) is 25.3 Å². The van der Waals surface area contributed by atoms with Crippen molar-refractivity contribution in [3.05, 3.63) is 28.2 Å². The van der Waals surface area contributed by atoms with Gasteiger partial charge in [0, 0.05) is 26.1 Å². The standard InChI is InChI=1S/C12H16N2O3/c1-9(15)11-4-5-12(16)14(13-11)7-6-10-3-2-8-17-10/h4-5,10H,2-3,6-8H2,1H3/t10-/m1/s1. The smallest absolute Gasteiger partial charge is 0.266 e. The largest absolute Gasteiger partial charge is 0.378 e. The molecule has 1 aromatic heterocycles. The molecule has 2 heterocycles. The summed E-state index contributed by atoms with van der Waals surface area (Å²) >= 11 is 0. The summed E-state index contributed by atoms with van der Waals surface area (Å²) in [6.45, 7) is 2.75. The van der Waals surface area contributed by atoms with Gasteiger partial charge in [-0.3, -0.25) is 9.59 Å². The SMILES string of the molecule is CC(=O)c1ccc(=O)n(CC[C@H]2CCCO2)n1. The number of ketones is 1. The Kier molecular flexibility index (Phi) is 3.68. The van der Waals surface area contributed by atoms with Crippen LogP contribution in [0.1, 0.15) is 36.7 Å². The maximum absolute atomic E-state index is 11.5. The fraction of sp³-hybridized carbons (Fsp3) is 0.583. The van der Waals surface area contributed by atoms with Gasteiger partial charge in [0.1, 0.15) is 5.69 Å². The van der Waals surface area contributed by atoms with Gasteiger partial charge < -0.3 is 4.74 Å². The van der Waals surface area contributed by atoms with Crippen LogP contribution in [0.2, 0.25) is 0 Å². The third-order valence-corrected chi connectivity index (χ3v) is 2.91. The molecule has 0 amide bonds. The van der Waals surface area contributed by atoms with Crippen LogP contribution in [-0.4, -0.2) is 28.3 Å². The average Bonchev–Trinajstić information content (AvgIpc) is 2.80. The summed E-state index contributed by atoms with van der Waals surface area (Å²) in [6, 6.07) is 2.85. The second kappa shape index (κ2) is 5.23. The number of ether oxygens (including phenoxy) is 1. The van der Waals surface area contributed by atoms with Crippen molar-refractivity contribution in [2.24, 2.45) is 0 Å². The van der Waals surface area contributed by atoms with E-state index in [-0.39, 0.29) is 17.4 Å². The number of Topliss-reactive ketones (excluding diaryl/α,β-unsaturated/α-hetero) is 1. The molecule has 0 aliphatic carbocycles. The van der Waals surface area contributed by atoms with Crippen molar-refractivity contribution in [3.8, 4) is 0 Å². The van der Waals surface area contributed by atoms with Gasteiger partial charge in [0.05, 0.1) is 6.10 Å². The monoisotopic (exact) mass is 236 g/mol. The molecule has 92 valence electrons. The molecular weight excluding hydrogens is 220 g/mol. The van der Waals surface area contributed by atoms with E-state index in [1.54, 1.807) is 0 Å². The van der Waals surface area contributed by atoms with Crippen LogP contribution in [-0.2, 0) is 11.3 Å². The van der Waals surface area contributed by atoms with Crippen LogP contribution < -0.4 is 5.56 Å². The molecule has 2 rings (SSSR count). The lowest BCUT2D eigenvalue weighted by Crippen LogP contribution is -2.25. The summed E-state index contributed by atoms with van der Waals surface area (Å²) in [6.07, 6.45) is 3.13. The molecule has 1 aliphatic rings. The van der Waals surface area contributed by atoms with E-state index in [2.05, 4.69) is 5.10 Å². The molecule has 0 saturated carbocycles. The first-order valence-corrected chi connectivity index (χ1v) is 5.87. The summed E-state index contributed by atoms with van der Waals surface area (Å²) in [5.41, 5.74) is 0.157. The van der Waals surface area contributed by atoms with Gasteiger partial charge in [-0.2, -0.15) is 5.10 Å². The molecule has 0 radical (unpaired) electrons. The van der Waals surface area contributed by atoms with E-state index in [0.29, 0.717) is 12.2 Å². The molecule has 5 nitrogen and oxygen atoms in total. The molecule has 1 aliphatic heterocycles. The van der Waals surface area contributed by atoms with Crippen molar-refractivity contribution in [1.82, 2.24) is 9.78 Å². The van der Waals surface area contributed by atoms with Gasteiger partial charge in [0.15, 0.2) is 5.78 Å². The van der Waals surface area contributed by atoms with Crippen LogP contribution in [0.25, 0.3) is 0 Å². The van der Waals surface area contributed by atoms with E-state index in [1.807, 2.05) is 0 Å². The summed E-state index contributed by atoms with van der Waals surface area (Å²) in [5, 5.41) is 4.03. The summed E-state index contributed by atoms with van der Waals surface area (Å²) in [7, 11) is 0. The Morgan fingerprint density at radius 3 is 3.06 bits per heavy atom. The van der Waals surface area contributed by atoms with E-state index >= 15 is 0 Å². The van der Waals surface area contributed by atoms with Crippen LogP contribution >= 0.6 is 0 Å². The Balaban J connectivity index is 2.05. The molecule has 1 aromatic rings. The molecule has 0 N–H and O–H groups in total. The second-order valence-electron chi connectivity index (χ2n) is 4.26. The van der Waals surface area contributed by atoms with Crippen molar-refractivity contribution in [2.75, 3.05) is 6.61 Å². The van der Waals surface area contributed by atoms with Crippen molar-refractivity contribution in [2.45, 2.75) is 38.8 Å². The van der Waals surface area contributed by atoms with E-state index < -0.39 is 0 Å². The van der Waals surface area contributed by atoms with E-state index in [9.17, 15) is 9.59 Å². The van der Waals surface area contributed by atoms with E-state index in [4.69, 9.17) is 4.74 Å². The summed E-state index contributed by atoms with van der Waals surface area (Å²) in [5.74, 6) is -0.129. The molecule has 1 atom stereocenters. The third kappa shape index (κ3) is 3.00. The molecule has 17 heavy (non-hydrogen) atoms. The highest BCUT2D eigenvalue weighted by atomic mass is 16.5. The maximum atomic E-state index is 11.5. The Morgan fingerprint density at radius 1 is 1.59 bits per heavy atom. The van der Waals surface area contributed by atoms with Crippen molar-refractivity contribution < 1.29 is 9.53 Å². The zero-order valence-electron chi connectivity index (χ0n) is 9.89. The highest BCUT2D eigenvalue weighted by Gasteiger charge is 2.15. The zero-order chi connectivity index (χ0) is 12.3. The molecule has 0 unspecified atom stereocenters. The predicted molar refractivity (Wildman–Crippen MR) is 62.1 cm³/mol.